The van der Waals surface area contributed by atoms with Gasteiger partial charge in [0.2, 0.25) is 5.91 Å². The summed E-state index contributed by atoms with van der Waals surface area (Å²) in [6.45, 7) is 0.754. The first kappa shape index (κ1) is 21.9. The van der Waals surface area contributed by atoms with Gasteiger partial charge in [-0.25, -0.2) is 4.39 Å². The molecule has 2 amide bonds. The Morgan fingerprint density at radius 1 is 1.17 bits per heavy atom. The average Bonchev–Trinajstić information content (AvgIpc) is 2.71. The monoisotopic (exact) mass is 434 g/mol. The molecule has 30 heavy (non-hydrogen) atoms. The van der Waals surface area contributed by atoms with Crippen molar-refractivity contribution < 1.29 is 23.5 Å². The van der Waals surface area contributed by atoms with Crippen molar-refractivity contribution in [1.29, 1.82) is 0 Å². The molecule has 3 rings (SSSR count). The number of amides is 2. The number of para-hydroxylation sites is 1. The summed E-state index contributed by atoms with van der Waals surface area (Å²) in [5, 5.41) is 0.544. The van der Waals surface area contributed by atoms with Gasteiger partial charge in [0.15, 0.2) is 18.2 Å². The first-order chi connectivity index (χ1) is 14.4. The Morgan fingerprint density at radius 3 is 2.70 bits per heavy atom. The molecule has 1 unspecified atom stereocenters. The summed E-state index contributed by atoms with van der Waals surface area (Å²) in [4.78, 5) is 26.0. The summed E-state index contributed by atoms with van der Waals surface area (Å²) in [7, 11) is 0. The molecule has 0 bridgehead atoms. The number of likely N-dealkylation sites (tertiary alicyclic amines) is 1. The average molecular weight is 435 g/mol. The molecule has 160 valence electrons. The molecule has 0 radical (unpaired) electrons. The zero-order chi connectivity index (χ0) is 21.6. The Morgan fingerprint density at radius 2 is 1.97 bits per heavy atom. The number of rotatable bonds is 8. The molecule has 0 spiro atoms. The summed E-state index contributed by atoms with van der Waals surface area (Å²) >= 11 is 6.00. The van der Waals surface area contributed by atoms with Crippen LogP contribution in [0.4, 0.5) is 4.39 Å². The maximum absolute atomic E-state index is 13.7. The highest BCUT2D eigenvalue weighted by Gasteiger charge is 2.39. The molecule has 1 atom stereocenters. The summed E-state index contributed by atoms with van der Waals surface area (Å²) in [6, 6.07) is 12.9. The largest absolute Gasteiger partial charge is 0.493 e. The normalized spacial score (nSPS) is 18.7. The first-order valence-electron chi connectivity index (χ1n) is 9.69. The molecule has 0 aliphatic carbocycles. The van der Waals surface area contributed by atoms with Crippen LogP contribution in [0.5, 0.6) is 11.5 Å². The quantitative estimate of drug-likeness (QED) is 0.690. The van der Waals surface area contributed by atoms with Crippen LogP contribution in [0.2, 0.25) is 5.02 Å². The van der Waals surface area contributed by atoms with Gasteiger partial charge in [0.1, 0.15) is 5.75 Å². The third-order valence-electron chi connectivity index (χ3n) is 5.09. The van der Waals surface area contributed by atoms with Gasteiger partial charge in [-0.1, -0.05) is 29.8 Å². The molecule has 1 fully saturated rings. The molecule has 6 nitrogen and oxygen atoms in total. The van der Waals surface area contributed by atoms with Crippen LogP contribution in [0.3, 0.4) is 0 Å². The van der Waals surface area contributed by atoms with E-state index in [-0.39, 0.29) is 31.3 Å². The smallest absolute Gasteiger partial charge is 0.260 e. The Hall–Kier alpha value is -2.80. The molecule has 8 heteroatoms. The van der Waals surface area contributed by atoms with Crippen molar-refractivity contribution in [1.82, 2.24) is 4.90 Å². The molecule has 0 saturated carbocycles. The zero-order valence-corrected chi connectivity index (χ0v) is 17.2. The molecular weight excluding hydrogens is 411 g/mol. The van der Waals surface area contributed by atoms with Crippen molar-refractivity contribution in [2.45, 2.75) is 19.3 Å². The van der Waals surface area contributed by atoms with Gasteiger partial charge in [-0.15, -0.1) is 0 Å². The number of hydrogen-bond donors (Lipinski definition) is 1. The van der Waals surface area contributed by atoms with E-state index < -0.39 is 17.1 Å². The van der Waals surface area contributed by atoms with E-state index in [1.807, 2.05) is 0 Å². The molecule has 1 heterocycles. The number of carbonyl (C=O) groups excluding carboxylic acids is 2. The van der Waals surface area contributed by atoms with E-state index in [1.165, 1.54) is 12.1 Å². The van der Waals surface area contributed by atoms with Crippen LogP contribution in [-0.4, -0.2) is 43.0 Å². The van der Waals surface area contributed by atoms with Crippen molar-refractivity contribution >= 4 is 23.4 Å². The summed E-state index contributed by atoms with van der Waals surface area (Å²) in [5.74, 6) is -0.661. The van der Waals surface area contributed by atoms with Gasteiger partial charge in [-0.2, -0.15) is 0 Å². The number of ether oxygens (including phenoxy) is 2. The van der Waals surface area contributed by atoms with Crippen molar-refractivity contribution in [2.75, 3.05) is 26.3 Å². The molecule has 2 aromatic rings. The van der Waals surface area contributed by atoms with E-state index in [0.717, 1.165) is 0 Å². The predicted molar refractivity (Wildman–Crippen MR) is 111 cm³/mol. The Bertz CT molecular complexity index is 910. The summed E-state index contributed by atoms with van der Waals surface area (Å²) in [6.07, 6.45) is 1.47. The number of nitrogens with two attached hydrogens (primary N) is 1. The number of carbonyl (C=O) groups is 2. The SMILES string of the molecule is NC(=O)CC1(COc2cccc(Cl)c2)CCCN(C(=O)COc2ccccc2F)C1. The molecule has 1 aliphatic rings. The molecule has 2 N–H and O–H groups in total. The number of nitrogens with zero attached hydrogens (tertiary/aromatic N) is 1. The fourth-order valence-corrected chi connectivity index (χ4v) is 3.87. The highest BCUT2D eigenvalue weighted by molar-refractivity contribution is 6.30. The number of primary amides is 1. The Labute approximate surface area is 179 Å². The molecule has 1 aliphatic heterocycles. The van der Waals surface area contributed by atoms with E-state index in [9.17, 15) is 14.0 Å². The first-order valence-corrected chi connectivity index (χ1v) is 10.1. The predicted octanol–water partition coefficient (Wildman–Crippen LogP) is 3.42. The number of piperidine rings is 1. The number of hydrogen-bond acceptors (Lipinski definition) is 4. The van der Waals surface area contributed by atoms with Crippen molar-refractivity contribution in [3.05, 3.63) is 59.4 Å². The second kappa shape index (κ2) is 9.80. The van der Waals surface area contributed by atoms with Crippen LogP contribution in [-0.2, 0) is 9.59 Å². The van der Waals surface area contributed by atoms with Crippen LogP contribution in [0.15, 0.2) is 48.5 Å². The minimum Gasteiger partial charge on any atom is -0.493 e. The lowest BCUT2D eigenvalue weighted by atomic mass is 9.77. The third kappa shape index (κ3) is 5.86. The Kier molecular flexibility index (Phi) is 7.15. The zero-order valence-electron chi connectivity index (χ0n) is 16.5. The van der Waals surface area contributed by atoms with Gasteiger partial charge >= 0.3 is 0 Å². The van der Waals surface area contributed by atoms with Crippen LogP contribution in [0.25, 0.3) is 0 Å². The van der Waals surface area contributed by atoms with Gasteiger partial charge in [0, 0.05) is 29.9 Å². The Balaban J connectivity index is 1.66. The molecule has 2 aromatic carbocycles. The van der Waals surface area contributed by atoms with Gasteiger partial charge < -0.3 is 20.1 Å². The fourth-order valence-electron chi connectivity index (χ4n) is 3.69. The minimum absolute atomic E-state index is 0.0237. The van der Waals surface area contributed by atoms with Gasteiger partial charge in [-0.3, -0.25) is 9.59 Å². The van der Waals surface area contributed by atoms with E-state index in [2.05, 4.69) is 0 Å². The lowest BCUT2D eigenvalue weighted by Crippen LogP contribution is -2.51. The summed E-state index contributed by atoms with van der Waals surface area (Å²) < 4.78 is 24.9. The maximum Gasteiger partial charge on any atom is 0.260 e. The highest BCUT2D eigenvalue weighted by atomic mass is 35.5. The van der Waals surface area contributed by atoms with Crippen molar-refractivity contribution in [3.8, 4) is 11.5 Å². The fraction of sp³-hybridized carbons (Fsp3) is 0.364. The van der Waals surface area contributed by atoms with Gasteiger partial charge in [0.25, 0.3) is 5.91 Å². The topological polar surface area (TPSA) is 81.9 Å². The second-order valence-corrected chi connectivity index (χ2v) is 7.96. The van der Waals surface area contributed by atoms with E-state index >= 15 is 0 Å². The van der Waals surface area contributed by atoms with E-state index in [1.54, 1.807) is 41.3 Å². The van der Waals surface area contributed by atoms with Gasteiger partial charge in [0.05, 0.1) is 6.61 Å². The minimum atomic E-state index is -0.611. The van der Waals surface area contributed by atoms with Crippen LogP contribution in [0.1, 0.15) is 19.3 Å². The van der Waals surface area contributed by atoms with Crippen LogP contribution < -0.4 is 15.2 Å². The number of halogens is 2. The maximum atomic E-state index is 13.7. The highest BCUT2D eigenvalue weighted by Crippen LogP contribution is 2.35. The number of benzene rings is 2. The van der Waals surface area contributed by atoms with Gasteiger partial charge in [-0.05, 0) is 43.2 Å². The molecule has 1 saturated heterocycles. The standard InChI is InChI=1S/C22H24ClFN2O4/c23-16-5-3-6-17(11-16)30-15-22(12-20(25)27)9-4-10-26(14-22)21(28)13-29-19-8-2-1-7-18(19)24/h1-3,5-8,11H,4,9-10,12-15H2,(H2,25,27). The van der Waals surface area contributed by atoms with Crippen molar-refractivity contribution in [2.24, 2.45) is 11.1 Å². The lowest BCUT2D eigenvalue weighted by Gasteiger charge is -2.42. The van der Waals surface area contributed by atoms with Crippen LogP contribution >= 0.6 is 11.6 Å². The lowest BCUT2D eigenvalue weighted by molar-refractivity contribution is -0.139. The van der Waals surface area contributed by atoms with Crippen molar-refractivity contribution in [3.63, 3.8) is 0 Å². The van der Waals surface area contributed by atoms with E-state index in [0.29, 0.717) is 36.7 Å². The third-order valence-corrected chi connectivity index (χ3v) is 5.33. The second-order valence-electron chi connectivity index (χ2n) is 7.53. The summed E-state index contributed by atoms with van der Waals surface area (Å²) in [5.41, 5.74) is 4.88. The molecule has 0 aromatic heterocycles. The van der Waals surface area contributed by atoms with E-state index in [4.69, 9.17) is 26.8 Å². The van der Waals surface area contributed by atoms with Crippen LogP contribution in [0, 0.1) is 11.2 Å². The molecular formula is C22H24ClFN2O4.